The van der Waals surface area contributed by atoms with Gasteiger partial charge in [-0.2, -0.15) is 0 Å². The first-order chi connectivity index (χ1) is 18.4. The van der Waals surface area contributed by atoms with Crippen LogP contribution in [0.2, 0.25) is 0 Å². The van der Waals surface area contributed by atoms with Gasteiger partial charge in [-0.1, -0.05) is 12.1 Å². The third kappa shape index (κ3) is 8.82. The number of nitrogens with one attached hydrogen (secondary N) is 2. The molecule has 0 aliphatic rings. The van der Waals surface area contributed by atoms with Gasteiger partial charge in [-0.05, 0) is 46.2 Å². The normalized spacial score (nSPS) is 11.5. The summed E-state index contributed by atoms with van der Waals surface area (Å²) in [5.41, 5.74) is -3.73. The van der Waals surface area contributed by atoms with E-state index in [4.69, 9.17) is 4.74 Å². The zero-order valence-electron chi connectivity index (χ0n) is 22.3. The van der Waals surface area contributed by atoms with Crippen LogP contribution in [-0.4, -0.2) is 80.3 Å². The number of nitrogens with zero attached hydrogens (tertiary/aromatic N) is 2. The monoisotopic (exact) mass is 560 g/mol. The Bertz CT molecular complexity index is 1290. The van der Waals surface area contributed by atoms with E-state index in [2.05, 4.69) is 10.6 Å². The predicted molar refractivity (Wildman–Crippen MR) is 144 cm³/mol. The Morgan fingerprint density at radius 3 is 1.73 bits per heavy atom. The van der Waals surface area contributed by atoms with E-state index < -0.39 is 58.4 Å². The lowest BCUT2D eigenvalue weighted by Gasteiger charge is -2.32. The standard InChI is InChI=1S/C23H30B2N4O11/c1-22(2,27-21(31)15-6-8-17(25(34)35)19(12-15)29(38)39)13-40-23(3,4)9-10-26-20(30)14-5-7-16(24(32)33)18(11-14)28(36)37/h5-8,11-12,32-35H,9-10,13H2,1-4H3,(H,26,30)(H,27,31). The van der Waals surface area contributed by atoms with Crippen molar-refractivity contribution in [1.29, 1.82) is 0 Å². The molecule has 0 radical (unpaired) electrons. The van der Waals surface area contributed by atoms with Gasteiger partial charge >= 0.3 is 14.2 Å². The molecule has 0 saturated carbocycles. The number of rotatable bonds is 13. The van der Waals surface area contributed by atoms with Crippen LogP contribution in [0.5, 0.6) is 0 Å². The summed E-state index contributed by atoms with van der Waals surface area (Å²) < 4.78 is 5.94. The molecule has 40 heavy (non-hydrogen) atoms. The highest BCUT2D eigenvalue weighted by Crippen LogP contribution is 2.19. The summed E-state index contributed by atoms with van der Waals surface area (Å²) in [4.78, 5) is 46.0. The molecule has 2 aromatic carbocycles. The second kappa shape index (κ2) is 13.0. The third-order valence-corrected chi connectivity index (χ3v) is 5.82. The maximum Gasteiger partial charge on any atom is 0.495 e. The maximum absolute atomic E-state index is 12.7. The van der Waals surface area contributed by atoms with Crippen LogP contribution in [0.3, 0.4) is 0 Å². The molecule has 0 saturated heterocycles. The molecule has 17 heteroatoms. The van der Waals surface area contributed by atoms with Gasteiger partial charge in [0.1, 0.15) is 0 Å². The molecule has 15 nitrogen and oxygen atoms in total. The SMILES string of the molecule is CC(C)(COC(C)(C)CCNC(=O)c1ccc(B(O)O)c([N+](=O)[O-])c1)NC(=O)c1ccc(B(O)O)c([N+](=O)[O-])c1. The average molecular weight is 560 g/mol. The van der Waals surface area contributed by atoms with Crippen molar-refractivity contribution in [3.63, 3.8) is 0 Å². The molecule has 2 amide bonds. The van der Waals surface area contributed by atoms with Crippen molar-refractivity contribution in [3.05, 3.63) is 67.8 Å². The molecule has 2 rings (SSSR count). The molecule has 2 aromatic rings. The van der Waals surface area contributed by atoms with Crippen LogP contribution in [0.4, 0.5) is 11.4 Å². The number of benzene rings is 2. The Labute approximate surface area is 229 Å². The zero-order chi connectivity index (χ0) is 30.4. The molecule has 0 bridgehead atoms. The van der Waals surface area contributed by atoms with E-state index in [-0.39, 0.29) is 35.2 Å². The molecular weight excluding hydrogens is 530 g/mol. The largest absolute Gasteiger partial charge is 0.495 e. The van der Waals surface area contributed by atoms with Gasteiger partial charge in [-0.15, -0.1) is 0 Å². The first-order valence-electron chi connectivity index (χ1n) is 12.0. The van der Waals surface area contributed by atoms with Crippen LogP contribution in [0.15, 0.2) is 36.4 Å². The summed E-state index contributed by atoms with van der Waals surface area (Å²) in [7, 11) is -4.14. The molecule has 0 unspecified atom stereocenters. The average Bonchev–Trinajstić information content (AvgIpc) is 2.86. The van der Waals surface area contributed by atoms with E-state index in [1.165, 1.54) is 12.1 Å². The van der Waals surface area contributed by atoms with Crippen molar-refractivity contribution in [3.8, 4) is 0 Å². The van der Waals surface area contributed by atoms with Gasteiger partial charge in [-0.25, -0.2) is 0 Å². The van der Waals surface area contributed by atoms with E-state index in [9.17, 15) is 49.9 Å². The second-order valence-electron chi connectivity index (χ2n) is 10.2. The van der Waals surface area contributed by atoms with Gasteiger partial charge in [-0.3, -0.25) is 29.8 Å². The lowest BCUT2D eigenvalue weighted by Crippen LogP contribution is -2.49. The fourth-order valence-electron chi connectivity index (χ4n) is 3.57. The Balaban J connectivity index is 1.95. The minimum Gasteiger partial charge on any atom is -0.423 e. The van der Waals surface area contributed by atoms with Crippen LogP contribution in [0.1, 0.15) is 54.8 Å². The number of carbonyl (C=O) groups is 2. The molecule has 6 N–H and O–H groups in total. The number of carbonyl (C=O) groups excluding carboxylic acids is 2. The molecule has 0 spiro atoms. The molecule has 0 aliphatic heterocycles. The minimum atomic E-state index is -2.08. The van der Waals surface area contributed by atoms with Gasteiger partial charge < -0.3 is 35.5 Å². The molecule has 0 atom stereocenters. The van der Waals surface area contributed by atoms with Crippen LogP contribution < -0.4 is 21.6 Å². The quantitative estimate of drug-likeness (QED) is 0.0986. The molecule has 0 heterocycles. The van der Waals surface area contributed by atoms with Gasteiger partial charge in [0.2, 0.25) is 0 Å². The van der Waals surface area contributed by atoms with Crippen LogP contribution in [0.25, 0.3) is 0 Å². The van der Waals surface area contributed by atoms with Crippen molar-refractivity contribution in [2.24, 2.45) is 0 Å². The Morgan fingerprint density at radius 2 is 1.30 bits per heavy atom. The fourth-order valence-corrected chi connectivity index (χ4v) is 3.57. The topological polar surface area (TPSA) is 235 Å². The number of amides is 2. The highest BCUT2D eigenvalue weighted by atomic mass is 16.6. The zero-order valence-corrected chi connectivity index (χ0v) is 22.3. The molecular formula is C23H30B2N4O11. The van der Waals surface area contributed by atoms with Gasteiger partial charge in [0, 0.05) is 29.8 Å². The first-order valence-corrected chi connectivity index (χ1v) is 12.0. The lowest BCUT2D eigenvalue weighted by atomic mass is 9.78. The number of nitro groups is 2. The number of ether oxygens (including phenoxy) is 1. The predicted octanol–water partition coefficient (Wildman–Crippen LogP) is -1.01. The molecule has 0 aromatic heterocycles. The van der Waals surface area contributed by atoms with Crippen LogP contribution >= 0.6 is 0 Å². The summed E-state index contributed by atoms with van der Waals surface area (Å²) in [5.74, 6) is -1.26. The molecule has 0 aliphatic carbocycles. The first kappa shape index (κ1) is 32.3. The maximum atomic E-state index is 12.7. The minimum absolute atomic E-state index is 0.0202. The molecule has 214 valence electrons. The van der Waals surface area contributed by atoms with Crippen LogP contribution in [-0.2, 0) is 4.74 Å². The number of hydrogen-bond acceptors (Lipinski definition) is 11. The smallest absolute Gasteiger partial charge is 0.423 e. The lowest BCUT2D eigenvalue weighted by molar-refractivity contribution is -0.383. The summed E-state index contributed by atoms with van der Waals surface area (Å²) in [6.45, 7) is 6.99. The van der Waals surface area contributed by atoms with Gasteiger partial charge in [0.05, 0.1) is 38.5 Å². The summed E-state index contributed by atoms with van der Waals surface area (Å²) in [5, 5.41) is 64.9. The highest BCUT2D eigenvalue weighted by Gasteiger charge is 2.30. The summed E-state index contributed by atoms with van der Waals surface area (Å²) >= 11 is 0. The fraction of sp³-hybridized carbons (Fsp3) is 0.391. The number of nitro benzene ring substituents is 2. The number of hydrogen-bond donors (Lipinski definition) is 6. The van der Waals surface area contributed by atoms with E-state index in [0.29, 0.717) is 6.42 Å². The summed E-state index contributed by atoms with van der Waals surface area (Å²) in [6, 6.07) is 6.53. The van der Waals surface area contributed by atoms with Gasteiger partial charge in [0.15, 0.2) is 0 Å². The second-order valence-corrected chi connectivity index (χ2v) is 10.2. The van der Waals surface area contributed by atoms with Crippen LogP contribution in [0, 0.1) is 20.2 Å². The highest BCUT2D eigenvalue weighted by molar-refractivity contribution is 6.60. The van der Waals surface area contributed by atoms with Crippen molar-refractivity contribution in [2.45, 2.75) is 45.3 Å². The van der Waals surface area contributed by atoms with Crippen molar-refractivity contribution >= 4 is 48.4 Å². The van der Waals surface area contributed by atoms with Crippen molar-refractivity contribution < 1.29 is 44.3 Å². The van der Waals surface area contributed by atoms with Gasteiger partial charge in [0.25, 0.3) is 23.2 Å². The van der Waals surface area contributed by atoms with Crippen molar-refractivity contribution in [1.82, 2.24) is 10.6 Å². The Hall–Kier alpha value is -3.89. The van der Waals surface area contributed by atoms with E-state index in [1.807, 2.05) is 0 Å². The Kier molecular flexibility index (Phi) is 10.5. The van der Waals surface area contributed by atoms with Crippen molar-refractivity contribution in [2.75, 3.05) is 13.2 Å². The molecule has 0 fully saturated rings. The van der Waals surface area contributed by atoms with E-state index in [0.717, 1.165) is 24.3 Å². The van der Waals surface area contributed by atoms with E-state index in [1.54, 1.807) is 27.7 Å². The summed E-state index contributed by atoms with van der Waals surface area (Å²) in [6.07, 6.45) is 0.315. The third-order valence-electron chi connectivity index (χ3n) is 5.82. The Morgan fingerprint density at radius 1 is 0.850 bits per heavy atom. The van der Waals surface area contributed by atoms with E-state index >= 15 is 0 Å².